The van der Waals surface area contributed by atoms with Gasteiger partial charge in [-0.1, -0.05) is 42.8 Å². The molecule has 0 N–H and O–H groups in total. The molecule has 5 heteroatoms. The molecule has 0 aliphatic rings. The number of ether oxygens (including phenoxy) is 3. The number of rotatable bonds is 12. The normalized spacial score (nSPS) is 10.9. The molecule has 0 radical (unpaired) electrons. The maximum absolute atomic E-state index is 14.5. The summed E-state index contributed by atoms with van der Waals surface area (Å²) in [6.45, 7) is 3.53. The second-order valence-corrected chi connectivity index (χ2v) is 7.53. The largest absolute Gasteiger partial charge is 0.494 e. The van der Waals surface area contributed by atoms with E-state index >= 15 is 0 Å². The predicted octanol–water partition coefficient (Wildman–Crippen LogP) is 7.28. The van der Waals surface area contributed by atoms with Crippen LogP contribution in [0.4, 0.5) is 8.78 Å². The lowest BCUT2D eigenvalue weighted by Gasteiger charge is -2.10. The van der Waals surface area contributed by atoms with Gasteiger partial charge in [0.1, 0.15) is 5.75 Å². The van der Waals surface area contributed by atoms with Crippen molar-refractivity contribution in [2.24, 2.45) is 0 Å². The van der Waals surface area contributed by atoms with Gasteiger partial charge in [-0.05, 0) is 67.1 Å². The third kappa shape index (κ3) is 6.30. The summed E-state index contributed by atoms with van der Waals surface area (Å²) < 4.78 is 44.6. The Labute approximate surface area is 189 Å². The summed E-state index contributed by atoms with van der Waals surface area (Å²) in [6, 6.07) is 18.3. The second kappa shape index (κ2) is 12.2. The molecule has 0 bridgehead atoms. The fourth-order valence-electron chi connectivity index (χ4n) is 3.50. The minimum absolute atomic E-state index is 0.0706. The third-order valence-corrected chi connectivity index (χ3v) is 5.24. The first-order valence-electron chi connectivity index (χ1n) is 11.1. The Kier molecular flexibility index (Phi) is 9.05. The van der Waals surface area contributed by atoms with Gasteiger partial charge < -0.3 is 14.2 Å². The molecule has 3 nitrogen and oxygen atoms in total. The number of unbranched alkanes of at least 4 members (excludes halogenated alkanes) is 3. The SMILES string of the molecule is CCOc1ccc(-c2ccc(-c3ccc(OCCCCCCOC)cc3)cc2)c(F)c1F. The van der Waals surface area contributed by atoms with E-state index in [0.29, 0.717) is 12.2 Å². The van der Waals surface area contributed by atoms with Crippen molar-refractivity contribution in [2.45, 2.75) is 32.6 Å². The molecule has 0 saturated heterocycles. The van der Waals surface area contributed by atoms with Crippen LogP contribution in [0.15, 0.2) is 60.7 Å². The van der Waals surface area contributed by atoms with Gasteiger partial charge in [0.15, 0.2) is 11.6 Å². The van der Waals surface area contributed by atoms with Gasteiger partial charge in [0, 0.05) is 19.3 Å². The van der Waals surface area contributed by atoms with Crippen LogP contribution < -0.4 is 9.47 Å². The Morgan fingerprint density at radius 1 is 0.625 bits per heavy atom. The molecule has 0 aliphatic heterocycles. The van der Waals surface area contributed by atoms with Gasteiger partial charge in [0.2, 0.25) is 5.82 Å². The van der Waals surface area contributed by atoms with Gasteiger partial charge in [-0.25, -0.2) is 4.39 Å². The van der Waals surface area contributed by atoms with Crippen molar-refractivity contribution in [1.82, 2.24) is 0 Å². The Balaban J connectivity index is 1.59. The van der Waals surface area contributed by atoms with E-state index in [1.165, 1.54) is 6.07 Å². The molecule has 3 aromatic rings. The average molecular weight is 441 g/mol. The van der Waals surface area contributed by atoms with E-state index in [9.17, 15) is 8.78 Å². The summed E-state index contributed by atoms with van der Waals surface area (Å²) in [4.78, 5) is 0. The van der Waals surface area contributed by atoms with Crippen molar-refractivity contribution in [3.05, 3.63) is 72.3 Å². The van der Waals surface area contributed by atoms with Crippen LogP contribution in [-0.2, 0) is 4.74 Å². The quantitative estimate of drug-likeness (QED) is 0.277. The summed E-state index contributed by atoms with van der Waals surface area (Å²) in [5.74, 6) is -1.09. The zero-order chi connectivity index (χ0) is 22.8. The predicted molar refractivity (Wildman–Crippen MR) is 124 cm³/mol. The molecule has 0 saturated carbocycles. The Morgan fingerprint density at radius 2 is 1.22 bits per heavy atom. The summed E-state index contributed by atoms with van der Waals surface area (Å²) >= 11 is 0. The Hall–Kier alpha value is -2.92. The van der Waals surface area contributed by atoms with Crippen molar-refractivity contribution in [3.63, 3.8) is 0 Å². The molecule has 0 heterocycles. The molecule has 170 valence electrons. The first-order chi connectivity index (χ1) is 15.6. The molecule has 0 fully saturated rings. The van der Waals surface area contributed by atoms with E-state index < -0.39 is 11.6 Å². The first kappa shape index (κ1) is 23.7. The molecule has 0 aliphatic carbocycles. The number of methoxy groups -OCH3 is 1. The van der Waals surface area contributed by atoms with Gasteiger partial charge in [-0.2, -0.15) is 4.39 Å². The molecule has 0 aromatic heterocycles. The fraction of sp³-hybridized carbons (Fsp3) is 0.333. The molecule has 3 rings (SSSR count). The third-order valence-electron chi connectivity index (χ3n) is 5.24. The van der Waals surface area contributed by atoms with Gasteiger partial charge >= 0.3 is 0 Å². The smallest absolute Gasteiger partial charge is 0.201 e. The van der Waals surface area contributed by atoms with Crippen LogP contribution in [0.5, 0.6) is 11.5 Å². The van der Waals surface area contributed by atoms with Crippen LogP contribution in [0, 0.1) is 11.6 Å². The summed E-state index contributed by atoms with van der Waals surface area (Å²) in [5.41, 5.74) is 2.84. The lowest BCUT2D eigenvalue weighted by atomic mass is 9.99. The van der Waals surface area contributed by atoms with Crippen molar-refractivity contribution < 1.29 is 23.0 Å². The maximum Gasteiger partial charge on any atom is 0.201 e. The lowest BCUT2D eigenvalue weighted by Crippen LogP contribution is -1.98. The van der Waals surface area contributed by atoms with E-state index in [0.717, 1.165) is 49.2 Å². The lowest BCUT2D eigenvalue weighted by molar-refractivity contribution is 0.191. The number of hydrogen-bond donors (Lipinski definition) is 0. The minimum Gasteiger partial charge on any atom is -0.494 e. The summed E-state index contributed by atoms with van der Waals surface area (Å²) in [5, 5.41) is 0. The molecule has 0 amide bonds. The molecule has 0 spiro atoms. The zero-order valence-corrected chi connectivity index (χ0v) is 18.7. The topological polar surface area (TPSA) is 27.7 Å². The van der Waals surface area contributed by atoms with Crippen LogP contribution in [0.1, 0.15) is 32.6 Å². The zero-order valence-electron chi connectivity index (χ0n) is 18.7. The standard InChI is InChI=1S/C27H30F2O3/c1-3-31-25-17-16-24(26(28)27(25)29)22-10-8-20(9-11-22)21-12-14-23(15-13-21)32-19-7-5-4-6-18-30-2/h8-17H,3-7,18-19H2,1-2H3. The highest BCUT2D eigenvalue weighted by Crippen LogP contribution is 2.31. The van der Waals surface area contributed by atoms with Gasteiger partial charge in [-0.3, -0.25) is 0 Å². The maximum atomic E-state index is 14.5. The average Bonchev–Trinajstić information content (AvgIpc) is 2.82. The molecule has 0 atom stereocenters. The van der Waals surface area contributed by atoms with Crippen LogP contribution in [0.3, 0.4) is 0 Å². The molecule has 0 unspecified atom stereocenters. The Morgan fingerprint density at radius 3 is 1.84 bits per heavy atom. The van der Waals surface area contributed by atoms with E-state index in [2.05, 4.69) is 0 Å². The number of hydrogen-bond acceptors (Lipinski definition) is 3. The molecular weight excluding hydrogens is 410 g/mol. The number of benzene rings is 3. The van der Waals surface area contributed by atoms with E-state index in [4.69, 9.17) is 14.2 Å². The molecule has 32 heavy (non-hydrogen) atoms. The first-order valence-corrected chi connectivity index (χ1v) is 11.1. The van der Waals surface area contributed by atoms with E-state index in [1.54, 1.807) is 32.2 Å². The van der Waals surface area contributed by atoms with Crippen LogP contribution in [0.25, 0.3) is 22.3 Å². The van der Waals surface area contributed by atoms with Crippen LogP contribution >= 0.6 is 0 Å². The van der Waals surface area contributed by atoms with Gasteiger partial charge in [0.05, 0.1) is 13.2 Å². The minimum atomic E-state index is -0.959. The van der Waals surface area contributed by atoms with E-state index in [1.807, 2.05) is 36.4 Å². The van der Waals surface area contributed by atoms with Gasteiger partial charge in [0.25, 0.3) is 0 Å². The van der Waals surface area contributed by atoms with Crippen molar-refractivity contribution in [2.75, 3.05) is 26.9 Å². The van der Waals surface area contributed by atoms with Gasteiger partial charge in [-0.15, -0.1) is 0 Å². The summed E-state index contributed by atoms with van der Waals surface area (Å²) in [7, 11) is 1.73. The highest BCUT2D eigenvalue weighted by Gasteiger charge is 2.15. The monoisotopic (exact) mass is 440 g/mol. The number of halogens is 2. The molecular formula is C27H30F2O3. The second-order valence-electron chi connectivity index (χ2n) is 7.53. The summed E-state index contributed by atoms with van der Waals surface area (Å²) in [6.07, 6.45) is 4.39. The van der Waals surface area contributed by atoms with Crippen molar-refractivity contribution in [1.29, 1.82) is 0 Å². The van der Waals surface area contributed by atoms with Crippen molar-refractivity contribution >= 4 is 0 Å². The van der Waals surface area contributed by atoms with Crippen LogP contribution in [-0.4, -0.2) is 26.9 Å². The highest BCUT2D eigenvalue weighted by molar-refractivity contribution is 5.71. The fourth-order valence-corrected chi connectivity index (χ4v) is 3.50. The van der Waals surface area contributed by atoms with Crippen LogP contribution in [0.2, 0.25) is 0 Å². The van der Waals surface area contributed by atoms with Crippen molar-refractivity contribution in [3.8, 4) is 33.8 Å². The van der Waals surface area contributed by atoms with E-state index in [-0.39, 0.29) is 17.9 Å². The highest BCUT2D eigenvalue weighted by atomic mass is 19.2. The molecule has 3 aromatic carbocycles. The Bertz CT molecular complexity index is 969.